The van der Waals surface area contributed by atoms with Crippen molar-refractivity contribution in [2.45, 2.75) is 147 Å². The summed E-state index contributed by atoms with van der Waals surface area (Å²) in [6.07, 6.45) is 11.7. The Morgan fingerprint density at radius 1 is 0.553 bits per heavy atom. The number of carboxylic acid groups (broad SMARTS) is 4. The normalized spacial score (nSPS) is 13.0. The van der Waals surface area contributed by atoms with Gasteiger partial charge in [-0.25, -0.2) is 0 Å². The Bertz CT molecular complexity index is 763. The first kappa shape index (κ1) is 63.2. The molecule has 0 spiro atoms. The van der Waals surface area contributed by atoms with E-state index in [0.717, 1.165) is 19.3 Å². The van der Waals surface area contributed by atoms with Crippen LogP contribution >= 0.6 is 0 Å². The molecule has 0 rings (SSSR count). The summed E-state index contributed by atoms with van der Waals surface area (Å²) in [6, 6.07) is 0. The van der Waals surface area contributed by atoms with Crippen LogP contribution in [-0.4, -0.2) is 80.4 Å². The van der Waals surface area contributed by atoms with Crippen molar-refractivity contribution in [3.63, 3.8) is 0 Å². The third-order valence-corrected chi connectivity index (χ3v) is 7.37. The predicted octanol–water partition coefficient (Wildman–Crippen LogP) is -14.2. The van der Waals surface area contributed by atoms with E-state index >= 15 is 0 Å². The molecule has 0 aliphatic rings. The van der Waals surface area contributed by atoms with E-state index in [1.54, 1.807) is 0 Å². The summed E-state index contributed by atoms with van der Waals surface area (Å²) < 4.78 is 0. The maximum Gasteiger partial charge on any atom is 1.00 e. The van der Waals surface area contributed by atoms with Crippen LogP contribution in [0.25, 0.3) is 0 Å². The van der Waals surface area contributed by atoms with Crippen LogP contribution in [0.2, 0.25) is 0 Å². The molecule has 0 aliphatic heterocycles. The fourth-order valence-corrected chi connectivity index (χ4v) is 4.93. The second-order valence-corrected chi connectivity index (χ2v) is 11.4. The summed E-state index contributed by atoms with van der Waals surface area (Å²) in [7, 11) is 0. The number of carbonyl (C=O) groups is 4. The zero-order chi connectivity index (χ0) is 33.3. The van der Waals surface area contributed by atoms with Crippen molar-refractivity contribution < 1.29 is 271 Å². The molecule has 0 aromatic heterocycles. The van der Waals surface area contributed by atoms with Gasteiger partial charge in [-0.3, -0.25) is 0 Å². The molecule has 13 nitrogen and oxygen atoms in total. The molecular weight excluding hydrogens is 725 g/mol. The van der Waals surface area contributed by atoms with Crippen molar-refractivity contribution in [1.29, 1.82) is 0 Å². The molecule has 0 fully saturated rings. The van der Waals surface area contributed by atoms with Crippen LogP contribution < -0.4 is 226 Å². The number of hydrogen-bond donors (Lipinski definition) is 5. The Hall–Kier alpha value is 4.23. The molecule has 254 valence electrons. The van der Waals surface area contributed by atoms with E-state index < -0.39 is 73.2 Å². The summed E-state index contributed by atoms with van der Waals surface area (Å²) in [5, 5.41) is 88.4. The average molecular weight is 777 g/mol. The van der Waals surface area contributed by atoms with Crippen molar-refractivity contribution in [3.05, 3.63) is 0 Å². The number of unbranched alkanes of at least 4 members (excludes halogenated alkanes) is 13. The number of hydrogen-bond acceptors (Lipinski definition) is 13. The van der Waals surface area contributed by atoms with Crippen LogP contribution in [0.4, 0.5) is 0 Å². The van der Waals surface area contributed by atoms with Gasteiger partial charge in [-0.1, -0.05) is 96.8 Å². The summed E-state index contributed by atoms with van der Waals surface area (Å²) in [4.78, 5) is 41.8. The summed E-state index contributed by atoms with van der Waals surface area (Å²) in [5.41, 5.74) is -4.40. The van der Waals surface area contributed by atoms with Gasteiger partial charge in [-0.2, -0.15) is 0 Å². The smallest absolute Gasteiger partial charge is 0.550 e. The molecule has 0 aromatic carbocycles. The van der Waals surface area contributed by atoms with Crippen LogP contribution in [0.15, 0.2) is 0 Å². The molecule has 47 heavy (non-hydrogen) atoms. The van der Waals surface area contributed by atoms with Gasteiger partial charge in [-0.15, -0.1) is 0 Å². The van der Waals surface area contributed by atoms with E-state index in [2.05, 4.69) is 6.92 Å². The third-order valence-electron chi connectivity index (χ3n) is 7.37. The molecule has 0 heterocycles. The van der Waals surface area contributed by atoms with Crippen LogP contribution in [0.1, 0.15) is 129 Å². The van der Waals surface area contributed by atoms with Crippen molar-refractivity contribution in [2.24, 2.45) is 5.41 Å². The minimum absolute atomic E-state index is 0. The third kappa shape index (κ3) is 35.7. The molecule has 0 radical (unpaired) electrons. The second-order valence-electron chi connectivity index (χ2n) is 11.4. The molecule has 0 amide bonds. The van der Waals surface area contributed by atoms with Gasteiger partial charge >= 0.3 is 206 Å². The molecule has 0 saturated heterocycles. The molecule has 0 aromatic rings. The number of aliphatic carboxylic acids is 4. The predicted molar refractivity (Wildman–Crippen MR) is 147 cm³/mol. The molecule has 17 heteroatoms. The molecule has 2 atom stereocenters. The quantitative estimate of drug-likeness (QED) is 0.0384. The number of carboxylic acids is 4. The van der Waals surface area contributed by atoms with Crippen LogP contribution in [-0.2, 0) is 19.2 Å². The Balaban J connectivity index is -0.000000211. The first-order chi connectivity index (χ1) is 20.2. The van der Waals surface area contributed by atoms with Crippen LogP contribution in [0.3, 0.4) is 0 Å². The maximum atomic E-state index is 11.8. The molecule has 0 aliphatic carbocycles. The van der Waals surface area contributed by atoms with E-state index in [1.165, 1.54) is 64.2 Å². The SMILES string of the molecule is CCCCCCCCCCCCCCCCC(CC(O)CO)(CC(O)CO)C(=O)[O-].O=C([O-])CC(O)(CC(=O)[O-])C(=O)[O-].[K+].[K+].[K+].[K+]. The number of carbonyl (C=O) groups excluding carboxylic acids is 4. The van der Waals surface area contributed by atoms with Gasteiger partial charge < -0.3 is 65.1 Å². The Labute approximate surface area is 450 Å². The summed E-state index contributed by atoms with van der Waals surface area (Å²) in [5.74, 6) is -7.32. The van der Waals surface area contributed by atoms with E-state index in [9.17, 15) is 49.8 Å². The fourth-order valence-electron chi connectivity index (χ4n) is 4.93. The average Bonchev–Trinajstić information content (AvgIpc) is 2.92. The standard InChI is InChI=1S/C24H48O6.C6H8O7.4K/c1-2-3-4-5-6-7-8-9-10-11-12-13-14-15-16-24(23(29)30,17-21(27)19-25)18-22(28)20-26;7-3(8)1-6(13,5(11)12)2-4(9)10;;;;/h21-22,25-28H,2-20H2,1H3,(H,29,30);13H,1-2H2,(H,7,8)(H,9,10)(H,11,12);;;;/q;;4*+1/p-4. The van der Waals surface area contributed by atoms with Gasteiger partial charge in [0, 0.05) is 36.2 Å². The van der Waals surface area contributed by atoms with Crippen molar-refractivity contribution in [3.8, 4) is 0 Å². The van der Waals surface area contributed by atoms with E-state index in [0.29, 0.717) is 6.42 Å². The minimum Gasteiger partial charge on any atom is -0.550 e. The van der Waals surface area contributed by atoms with Gasteiger partial charge in [0.2, 0.25) is 0 Å². The topological polar surface area (TPSA) is 262 Å². The van der Waals surface area contributed by atoms with E-state index in [4.69, 9.17) is 15.3 Å². The molecular formula is C30H52K4O13. The molecule has 0 saturated carbocycles. The Morgan fingerprint density at radius 2 is 0.851 bits per heavy atom. The van der Waals surface area contributed by atoms with E-state index in [-0.39, 0.29) is 225 Å². The number of aliphatic hydroxyl groups excluding tert-OH is 4. The van der Waals surface area contributed by atoms with Crippen molar-refractivity contribution >= 4 is 23.9 Å². The molecule has 2 unspecified atom stereocenters. The second kappa shape index (κ2) is 39.9. The minimum atomic E-state index is -2.97. The summed E-state index contributed by atoms with van der Waals surface area (Å²) in [6.45, 7) is 1.16. The zero-order valence-corrected chi connectivity index (χ0v) is 42.0. The molecule has 0 bridgehead atoms. The largest absolute Gasteiger partial charge is 1.00 e. The van der Waals surface area contributed by atoms with Crippen molar-refractivity contribution in [1.82, 2.24) is 0 Å². The monoisotopic (exact) mass is 776 g/mol. The summed E-state index contributed by atoms with van der Waals surface area (Å²) >= 11 is 0. The number of aliphatic hydroxyl groups is 5. The van der Waals surface area contributed by atoms with Gasteiger partial charge in [0.05, 0.1) is 31.4 Å². The first-order valence-corrected chi connectivity index (χ1v) is 15.3. The van der Waals surface area contributed by atoms with Gasteiger partial charge in [0.25, 0.3) is 0 Å². The number of rotatable bonds is 27. The van der Waals surface area contributed by atoms with Gasteiger partial charge in [-0.05, 0) is 19.3 Å². The maximum absolute atomic E-state index is 11.8. The Morgan fingerprint density at radius 3 is 1.09 bits per heavy atom. The van der Waals surface area contributed by atoms with Gasteiger partial charge in [0.1, 0.15) is 5.60 Å². The van der Waals surface area contributed by atoms with Crippen molar-refractivity contribution in [2.75, 3.05) is 13.2 Å². The van der Waals surface area contributed by atoms with E-state index in [1.807, 2.05) is 0 Å². The fraction of sp³-hybridized carbons (Fsp3) is 0.867. The van der Waals surface area contributed by atoms with Gasteiger partial charge in [0.15, 0.2) is 0 Å². The Kier molecular flexibility index (Phi) is 53.6. The van der Waals surface area contributed by atoms with Crippen LogP contribution in [0, 0.1) is 5.41 Å². The van der Waals surface area contributed by atoms with Crippen LogP contribution in [0.5, 0.6) is 0 Å². The zero-order valence-electron chi connectivity index (χ0n) is 29.5. The first-order valence-electron chi connectivity index (χ1n) is 15.3. The molecule has 5 N–H and O–H groups in total.